The molecule has 0 bridgehead atoms. The molecule has 0 amide bonds. The van der Waals surface area contributed by atoms with E-state index in [4.69, 9.17) is 14.7 Å². The number of benzene rings is 3. The quantitative estimate of drug-likeness (QED) is 0.230. The summed E-state index contributed by atoms with van der Waals surface area (Å²) in [5.41, 5.74) is 11.9. The highest BCUT2D eigenvalue weighted by molar-refractivity contribution is 7.86. The van der Waals surface area contributed by atoms with Crippen molar-refractivity contribution >= 4 is 27.0 Å². The molecule has 204 valence electrons. The summed E-state index contributed by atoms with van der Waals surface area (Å²) in [6.07, 6.45) is 5.15. The zero-order chi connectivity index (χ0) is 27.7. The van der Waals surface area contributed by atoms with Crippen molar-refractivity contribution in [2.45, 2.75) is 37.2 Å². The fourth-order valence-electron chi connectivity index (χ4n) is 5.16. The lowest BCUT2D eigenvalue weighted by atomic mass is 9.72. The van der Waals surface area contributed by atoms with E-state index in [0.29, 0.717) is 12.4 Å². The third-order valence-corrected chi connectivity index (χ3v) is 8.72. The average Bonchev–Trinajstić information content (AvgIpc) is 3.33. The van der Waals surface area contributed by atoms with Crippen molar-refractivity contribution < 1.29 is 17.3 Å². The van der Waals surface area contributed by atoms with Gasteiger partial charge in [-0.2, -0.15) is 8.42 Å². The van der Waals surface area contributed by atoms with Crippen LogP contribution in [0.3, 0.4) is 0 Å². The molecule has 0 saturated heterocycles. The van der Waals surface area contributed by atoms with Gasteiger partial charge in [-0.1, -0.05) is 54.1 Å². The van der Waals surface area contributed by atoms with Gasteiger partial charge < -0.3 is 15.0 Å². The number of ether oxygens (including phenoxy) is 1. The number of rotatable bonds is 9. The second-order valence-electron chi connectivity index (χ2n) is 10.3. The second kappa shape index (κ2) is 10.7. The predicted molar refractivity (Wildman–Crippen MR) is 154 cm³/mol. The fourth-order valence-corrected chi connectivity index (χ4v) is 6.13. The van der Waals surface area contributed by atoms with E-state index < -0.39 is 10.1 Å². The average molecular weight is 555 g/mol. The van der Waals surface area contributed by atoms with Crippen LogP contribution in [0.4, 0.5) is 5.82 Å². The van der Waals surface area contributed by atoms with Crippen LogP contribution >= 0.6 is 0 Å². The van der Waals surface area contributed by atoms with Crippen LogP contribution in [0, 0.1) is 12.8 Å². The van der Waals surface area contributed by atoms with Gasteiger partial charge in [0.1, 0.15) is 24.2 Å². The summed E-state index contributed by atoms with van der Waals surface area (Å²) in [7, 11) is -3.78. The first-order valence-electron chi connectivity index (χ1n) is 13.2. The smallest absolute Gasteiger partial charge is 0.296 e. The first-order valence-corrected chi connectivity index (χ1v) is 14.6. The molecule has 40 heavy (non-hydrogen) atoms. The molecule has 2 N–H and O–H groups in total. The van der Waals surface area contributed by atoms with E-state index in [9.17, 15) is 8.42 Å². The molecule has 1 fully saturated rings. The first-order chi connectivity index (χ1) is 19.4. The Bertz CT molecular complexity index is 1750. The van der Waals surface area contributed by atoms with E-state index in [1.54, 1.807) is 24.3 Å². The van der Waals surface area contributed by atoms with Crippen molar-refractivity contribution in [2.75, 3.05) is 12.3 Å². The molecule has 5 aromatic rings. The van der Waals surface area contributed by atoms with Crippen LogP contribution in [0.2, 0.25) is 0 Å². The molecule has 1 aliphatic rings. The van der Waals surface area contributed by atoms with E-state index in [-0.39, 0.29) is 23.3 Å². The van der Waals surface area contributed by atoms with E-state index in [0.717, 1.165) is 52.0 Å². The summed E-state index contributed by atoms with van der Waals surface area (Å²) in [5, 5.41) is 0. The predicted octanol–water partition coefficient (Wildman–Crippen LogP) is 5.79. The zero-order valence-corrected chi connectivity index (χ0v) is 22.9. The molecule has 0 radical (unpaired) electrons. The molecule has 1 aliphatic carbocycles. The van der Waals surface area contributed by atoms with Crippen molar-refractivity contribution in [3.8, 4) is 11.4 Å². The van der Waals surface area contributed by atoms with E-state index >= 15 is 0 Å². The Hall–Kier alpha value is -4.21. The molecule has 0 atom stereocenters. The van der Waals surface area contributed by atoms with Gasteiger partial charge in [-0.05, 0) is 67.0 Å². The topological polar surface area (TPSA) is 109 Å². The summed E-state index contributed by atoms with van der Waals surface area (Å²) in [4.78, 5) is 9.00. The Kier molecular flexibility index (Phi) is 7.00. The Balaban J connectivity index is 1.18. The lowest BCUT2D eigenvalue weighted by Crippen LogP contribution is -2.27. The third-order valence-electron chi connectivity index (χ3n) is 7.42. The highest BCUT2D eigenvalue weighted by Gasteiger charge is 2.35. The first kappa shape index (κ1) is 26.0. The zero-order valence-electron chi connectivity index (χ0n) is 22.1. The van der Waals surface area contributed by atoms with Crippen molar-refractivity contribution in [3.05, 3.63) is 108 Å². The maximum absolute atomic E-state index is 12.6. The van der Waals surface area contributed by atoms with Crippen LogP contribution in [0.1, 0.15) is 35.4 Å². The van der Waals surface area contributed by atoms with Crippen molar-refractivity contribution in [1.82, 2.24) is 14.5 Å². The minimum Gasteiger partial charge on any atom is -0.489 e. The Morgan fingerprint density at radius 2 is 1.75 bits per heavy atom. The highest BCUT2D eigenvalue weighted by Crippen LogP contribution is 2.45. The van der Waals surface area contributed by atoms with E-state index in [2.05, 4.69) is 16.2 Å². The van der Waals surface area contributed by atoms with Gasteiger partial charge in [0.15, 0.2) is 5.82 Å². The number of aryl methyl sites for hydroxylation is 1. The van der Waals surface area contributed by atoms with Crippen LogP contribution in [0.15, 0.2) is 96.3 Å². The maximum atomic E-state index is 12.6. The van der Waals surface area contributed by atoms with Crippen molar-refractivity contribution in [3.63, 3.8) is 0 Å². The van der Waals surface area contributed by atoms with Crippen molar-refractivity contribution in [2.24, 2.45) is 5.92 Å². The van der Waals surface area contributed by atoms with Crippen molar-refractivity contribution in [1.29, 1.82) is 0 Å². The Labute approximate surface area is 233 Å². The molecule has 0 unspecified atom stereocenters. The van der Waals surface area contributed by atoms with Gasteiger partial charge >= 0.3 is 0 Å². The number of nitrogens with two attached hydrogens (primary N) is 1. The number of nitrogens with zero attached hydrogens (tertiary/aromatic N) is 3. The summed E-state index contributed by atoms with van der Waals surface area (Å²) < 4.78 is 38.7. The second-order valence-corrected chi connectivity index (χ2v) is 11.9. The Morgan fingerprint density at radius 3 is 2.52 bits per heavy atom. The number of nitrogen functional groups attached to an aromatic ring is 1. The molecule has 2 aromatic heterocycles. The molecule has 6 rings (SSSR count). The summed E-state index contributed by atoms with van der Waals surface area (Å²) in [6.45, 7) is 2.54. The van der Waals surface area contributed by atoms with Gasteiger partial charge in [-0.15, -0.1) is 0 Å². The van der Waals surface area contributed by atoms with Crippen LogP contribution in [-0.2, 0) is 20.9 Å². The minimum atomic E-state index is -3.78. The summed E-state index contributed by atoms with van der Waals surface area (Å²) >= 11 is 0. The van der Waals surface area contributed by atoms with Gasteiger partial charge in [0.25, 0.3) is 10.1 Å². The largest absolute Gasteiger partial charge is 0.489 e. The number of hydrogen-bond donors (Lipinski definition) is 1. The number of aromatic nitrogens is 3. The van der Waals surface area contributed by atoms with Gasteiger partial charge in [0, 0.05) is 18.0 Å². The van der Waals surface area contributed by atoms with Gasteiger partial charge in [0.05, 0.1) is 17.0 Å². The summed E-state index contributed by atoms with van der Waals surface area (Å²) in [5.74, 6) is 1.50. The monoisotopic (exact) mass is 554 g/mol. The van der Waals surface area contributed by atoms with Crippen LogP contribution in [0.25, 0.3) is 16.7 Å². The van der Waals surface area contributed by atoms with Crippen LogP contribution in [-0.4, -0.2) is 29.6 Å². The molecule has 9 heteroatoms. The third kappa shape index (κ3) is 5.30. The standard InChI is InChI=1S/C31H30N4O4S/c1-21-10-12-27(13-11-21)40(36,37)39-19-23-14-24(15-23)28-17-35(30-29(28)33-20-34-31(30)32)25-8-5-9-26(16-25)38-18-22-6-3-2-4-7-22/h2-13,16-17,20,23-24H,14-15,18-19H2,1H3,(H2,32,33,34). The molecule has 1 saturated carbocycles. The van der Waals surface area contributed by atoms with E-state index in [1.165, 1.54) is 6.33 Å². The maximum Gasteiger partial charge on any atom is 0.296 e. The number of hydrogen-bond acceptors (Lipinski definition) is 7. The molecule has 3 aromatic carbocycles. The molecular weight excluding hydrogens is 524 g/mol. The molecular formula is C31H30N4O4S. The van der Waals surface area contributed by atoms with Gasteiger partial charge in [-0.3, -0.25) is 4.18 Å². The lowest BCUT2D eigenvalue weighted by molar-refractivity contribution is 0.163. The van der Waals surface area contributed by atoms with Gasteiger partial charge in [-0.25, -0.2) is 9.97 Å². The lowest BCUT2D eigenvalue weighted by Gasteiger charge is -2.34. The molecule has 8 nitrogen and oxygen atoms in total. The van der Waals surface area contributed by atoms with Crippen LogP contribution in [0.5, 0.6) is 5.75 Å². The molecule has 2 heterocycles. The SMILES string of the molecule is Cc1ccc(S(=O)(=O)OCC2CC(c3cn(-c4cccc(OCc5ccccc5)c4)c4c(N)ncnc34)C2)cc1. The highest BCUT2D eigenvalue weighted by atomic mass is 32.2. The molecule has 0 spiro atoms. The normalized spacial score (nSPS) is 17.0. The van der Waals surface area contributed by atoms with Crippen LogP contribution < -0.4 is 10.5 Å². The summed E-state index contributed by atoms with van der Waals surface area (Å²) in [6, 6.07) is 24.6. The van der Waals surface area contributed by atoms with Gasteiger partial charge in [0.2, 0.25) is 0 Å². The fraction of sp³-hybridized carbons (Fsp3) is 0.226. The number of fused-ring (bicyclic) bond motifs is 1. The molecule has 0 aliphatic heterocycles. The minimum absolute atomic E-state index is 0.137. The Morgan fingerprint density at radius 1 is 0.975 bits per heavy atom. The van der Waals surface area contributed by atoms with E-state index in [1.807, 2.05) is 66.1 Å². The number of anilines is 1.